The first-order chi connectivity index (χ1) is 12.2. The Morgan fingerprint density at radius 2 is 1.16 bits per heavy atom. The molecule has 0 fully saturated rings. The second kappa shape index (κ2) is 7.70. The Labute approximate surface area is 152 Å². The summed E-state index contributed by atoms with van der Waals surface area (Å²) in [5.41, 5.74) is 9.90. The molecule has 3 aromatic carbocycles. The summed E-state index contributed by atoms with van der Waals surface area (Å²) in [5, 5.41) is 0. The average Bonchev–Trinajstić information content (AvgIpc) is 2.64. The first kappa shape index (κ1) is 17.5. The van der Waals surface area contributed by atoms with Gasteiger partial charge in [-0.25, -0.2) is 0 Å². The van der Waals surface area contributed by atoms with E-state index in [4.69, 9.17) is 0 Å². The van der Waals surface area contributed by atoms with Gasteiger partial charge in [-0.2, -0.15) is 0 Å². The Bertz CT molecular complexity index is 810. The van der Waals surface area contributed by atoms with E-state index in [9.17, 15) is 0 Å². The van der Waals surface area contributed by atoms with Crippen LogP contribution in [-0.4, -0.2) is 0 Å². The van der Waals surface area contributed by atoms with Gasteiger partial charge in [-0.3, -0.25) is 0 Å². The summed E-state index contributed by atoms with van der Waals surface area (Å²) in [6, 6.07) is 24.8. The van der Waals surface area contributed by atoms with Crippen LogP contribution in [0.5, 0.6) is 0 Å². The molecule has 0 aromatic heterocycles. The normalized spacial score (nSPS) is 11.1. The molecule has 0 saturated carbocycles. The highest BCUT2D eigenvalue weighted by Gasteiger charge is 2.22. The van der Waals surface area contributed by atoms with Gasteiger partial charge in [0, 0.05) is 5.92 Å². The molecule has 0 spiro atoms. The van der Waals surface area contributed by atoms with Gasteiger partial charge >= 0.3 is 0 Å². The van der Waals surface area contributed by atoms with E-state index in [1.54, 1.807) is 0 Å². The van der Waals surface area contributed by atoms with Crippen molar-refractivity contribution in [3.05, 3.63) is 106 Å². The van der Waals surface area contributed by atoms with Gasteiger partial charge in [0.25, 0.3) is 0 Å². The Kier molecular flexibility index (Phi) is 5.38. The third kappa shape index (κ3) is 3.54. The predicted octanol–water partition coefficient (Wildman–Crippen LogP) is 6.61. The molecule has 0 aliphatic carbocycles. The molecule has 0 saturated heterocycles. The molecule has 0 aliphatic rings. The van der Waals surface area contributed by atoms with Gasteiger partial charge in [-0.15, -0.1) is 0 Å². The molecule has 3 aromatic rings. The van der Waals surface area contributed by atoms with Crippen molar-refractivity contribution in [1.82, 2.24) is 0 Å². The summed E-state index contributed by atoms with van der Waals surface area (Å²) in [6.07, 6.45) is 2.12. The molecular formula is C25H28. The standard InChI is InChI=1S/C25H28/c1-5-20-11-7-9-13-23(20)25(22-16-15-18(3)17-19(22)4)24-14-10-8-12-21(24)6-2/h7-17,25H,5-6H2,1-4H3. The first-order valence-electron chi connectivity index (χ1n) is 9.38. The maximum Gasteiger partial charge on any atom is 0.0348 e. The predicted molar refractivity (Wildman–Crippen MR) is 109 cm³/mol. The van der Waals surface area contributed by atoms with Gasteiger partial charge < -0.3 is 0 Å². The fourth-order valence-corrected chi connectivity index (χ4v) is 3.93. The van der Waals surface area contributed by atoms with Gasteiger partial charge in [-0.05, 0) is 60.1 Å². The maximum atomic E-state index is 2.33. The van der Waals surface area contributed by atoms with E-state index >= 15 is 0 Å². The highest BCUT2D eigenvalue weighted by molar-refractivity contribution is 5.51. The molecule has 0 bridgehead atoms. The van der Waals surface area contributed by atoms with Crippen LogP contribution >= 0.6 is 0 Å². The van der Waals surface area contributed by atoms with Crippen LogP contribution in [0, 0.1) is 13.8 Å². The second-order valence-corrected chi connectivity index (χ2v) is 6.90. The van der Waals surface area contributed by atoms with Crippen molar-refractivity contribution in [1.29, 1.82) is 0 Å². The molecule has 0 amide bonds. The van der Waals surface area contributed by atoms with E-state index in [0.717, 1.165) is 12.8 Å². The Morgan fingerprint density at radius 1 is 0.640 bits per heavy atom. The molecular weight excluding hydrogens is 300 g/mol. The summed E-state index contributed by atoms with van der Waals surface area (Å²) < 4.78 is 0. The molecule has 0 radical (unpaired) electrons. The third-order valence-corrected chi connectivity index (χ3v) is 5.23. The topological polar surface area (TPSA) is 0 Å². The Hall–Kier alpha value is -2.34. The van der Waals surface area contributed by atoms with E-state index in [-0.39, 0.29) is 0 Å². The van der Waals surface area contributed by atoms with Crippen LogP contribution in [0.15, 0.2) is 66.7 Å². The SMILES string of the molecule is CCc1ccccc1C(c1ccc(C)cc1C)c1ccccc1CC. The minimum Gasteiger partial charge on any atom is -0.0620 e. The van der Waals surface area contributed by atoms with Crippen LogP contribution < -0.4 is 0 Å². The van der Waals surface area contributed by atoms with Crippen LogP contribution in [0.2, 0.25) is 0 Å². The monoisotopic (exact) mass is 328 g/mol. The Morgan fingerprint density at radius 3 is 1.64 bits per heavy atom. The molecule has 0 aliphatic heterocycles. The largest absolute Gasteiger partial charge is 0.0620 e. The fraction of sp³-hybridized carbons (Fsp3) is 0.280. The van der Waals surface area contributed by atoms with Gasteiger partial charge in [-0.1, -0.05) is 86.1 Å². The smallest absolute Gasteiger partial charge is 0.0348 e. The van der Waals surface area contributed by atoms with Crippen LogP contribution in [0.4, 0.5) is 0 Å². The lowest BCUT2D eigenvalue weighted by atomic mass is 9.78. The van der Waals surface area contributed by atoms with Crippen LogP contribution in [-0.2, 0) is 12.8 Å². The molecule has 0 nitrogen and oxygen atoms in total. The van der Waals surface area contributed by atoms with Crippen LogP contribution in [0.1, 0.15) is 58.7 Å². The number of benzene rings is 3. The summed E-state index contributed by atoms with van der Waals surface area (Å²) in [6.45, 7) is 8.93. The highest BCUT2D eigenvalue weighted by Crippen LogP contribution is 2.37. The van der Waals surface area contributed by atoms with Gasteiger partial charge in [0.15, 0.2) is 0 Å². The number of hydrogen-bond donors (Lipinski definition) is 0. The summed E-state index contributed by atoms with van der Waals surface area (Å²) in [7, 11) is 0. The van der Waals surface area contributed by atoms with Crippen LogP contribution in [0.25, 0.3) is 0 Å². The molecule has 128 valence electrons. The minimum atomic E-state index is 0.299. The van der Waals surface area contributed by atoms with E-state index in [2.05, 4.69) is 94.4 Å². The zero-order valence-corrected chi connectivity index (χ0v) is 15.8. The zero-order chi connectivity index (χ0) is 17.8. The molecule has 3 rings (SSSR count). The average molecular weight is 328 g/mol. The lowest BCUT2D eigenvalue weighted by Crippen LogP contribution is -2.10. The van der Waals surface area contributed by atoms with Gasteiger partial charge in [0.2, 0.25) is 0 Å². The molecule has 0 N–H and O–H groups in total. The van der Waals surface area contributed by atoms with Gasteiger partial charge in [0.05, 0.1) is 0 Å². The van der Waals surface area contributed by atoms with E-state index in [1.165, 1.54) is 38.9 Å². The number of hydrogen-bond acceptors (Lipinski definition) is 0. The van der Waals surface area contributed by atoms with E-state index < -0.39 is 0 Å². The fourth-order valence-electron chi connectivity index (χ4n) is 3.93. The van der Waals surface area contributed by atoms with Crippen molar-refractivity contribution in [2.24, 2.45) is 0 Å². The zero-order valence-electron chi connectivity index (χ0n) is 15.8. The quantitative estimate of drug-likeness (QED) is 0.462. The third-order valence-electron chi connectivity index (χ3n) is 5.23. The van der Waals surface area contributed by atoms with Crippen molar-refractivity contribution >= 4 is 0 Å². The van der Waals surface area contributed by atoms with Gasteiger partial charge in [0.1, 0.15) is 0 Å². The minimum absolute atomic E-state index is 0.299. The molecule has 25 heavy (non-hydrogen) atoms. The second-order valence-electron chi connectivity index (χ2n) is 6.90. The molecule has 0 atom stereocenters. The summed E-state index contributed by atoms with van der Waals surface area (Å²) in [4.78, 5) is 0. The van der Waals surface area contributed by atoms with E-state index in [1.807, 2.05) is 0 Å². The van der Waals surface area contributed by atoms with Crippen molar-refractivity contribution in [3.63, 3.8) is 0 Å². The summed E-state index contributed by atoms with van der Waals surface area (Å²) >= 11 is 0. The molecule has 0 unspecified atom stereocenters. The van der Waals surface area contributed by atoms with Crippen molar-refractivity contribution in [3.8, 4) is 0 Å². The maximum absolute atomic E-state index is 2.33. The van der Waals surface area contributed by atoms with Crippen molar-refractivity contribution in [2.75, 3.05) is 0 Å². The van der Waals surface area contributed by atoms with Crippen LogP contribution in [0.3, 0.4) is 0 Å². The van der Waals surface area contributed by atoms with Crippen molar-refractivity contribution in [2.45, 2.75) is 46.5 Å². The lowest BCUT2D eigenvalue weighted by molar-refractivity contribution is 0.902. The number of aryl methyl sites for hydroxylation is 4. The Balaban J connectivity index is 2.28. The van der Waals surface area contributed by atoms with Crippen molar-refractivity contribution < 1.29 is 0 Å². The molecule has 0 heterocycles. The first-order valence-corrected chi connectivity index (χ1v) is 9.38. The van der Waals surface area contributed by atoms with E-state index in [0.29, 0.717) is 5.92 Å². The number of rotatable bonds is 5. The lowest BCUT2D eigenvalue weighted by Gasteiger charge is -2.25. The highest BCUT2D eigenvalue weighted by atomic mass is 14.3. The summed E-state index contributed by atoms with van der Waals surface area (Å²) in [5.74, 6) is 0.299. The molecule has 0 heteroatoms.